The van der Waals surface area contributed by atoms with Crippen LogP contribution < -0.4 is 5.32 Å². The summed E-state index contributed by atoms with van der Waals surface area (Å²) in [6.07, 6.45) is 1.82. The number of carbonyl (C=O) groups is 2. The van der Waals surface area contributed by atoms with Gasteiger partial charge in [-0.05, 0) is 32.7 Å². The first-order chi connectivity index (χ1) is 9.70. The van der Waals surface area contributed by atoms with E-state index in [0.29, 0.717) is 25.9 Å². The Labute approximate surface area is 124 Å². The maximum absolute atomic E-state index is 12.0. The van der Waals surface area contributed by atoms with Crippen LogP contribution in [0.5, 0.6) is 0 Å². The number of hydrogen-bond donors (Lipinski definition) is 2. The number of hydrogen-bond acceptors (Lipinski definition) is 5. The number of amides is 1. The lowest BCUT2D eigenvalue weighted by Crippen LogP contribution is -2.50. The average Bonchev–Trinajstić information content (AvgIpc) is 2.68. The Hall–Kier alpha value is -1.15. The fourth-order valence-electron chi connectivity index (χ4n) is 3.04. The smallest absolute Gasteiger partial charge is 0.310 e. The van der Waals surface area contributed by atoms with Crippen LogP contribution in [0.25, 0.3) is 0 Å². The van der Waals surface area contributed by atoms with Crippen molar-refractivity contribution in [3.05, 3.63) is 0 Å². The van der Waals surface area contributed by atoms with Crippen molar-refractivity contribution in [3.63, 3.8) is 0 Å². The van der Waals surface area contributed by atoms with Gasteiger partial charge in [-0.15, -0.1) is 0 Å². The number of sulfone groups is 1. The molecule has 0 spiro atoms. The summed E-state index contributed by atoms with van der Waals surface area (Å²) in [6, 6.07) is -0.307. The molecule has 0 aromatic carbocycles. The first kappa shape index (κ1) is 16.2. The van der Waals surface area contributed by atoms with Crippen molar-refractivity contribution in [2.45, 2.75) is 32.2 Å². The highest BCUT2D eigenvalue weighted by Crippen LogP contribution is 2.29. The Morgan fingerprint density at radius 3 is 2.71 bits per heavy atom. The van der Waals surface area contributed by atoms with Gasteiger partial charge in [-0.2, -0.15) is 0 Å². The van der Waals surface area contributed by atoms with Crippen LogP contribution in [-0.4, -0.2) is 67.5 Å². The molecule has 8 heteroatoms. The third-order valence-electron chi connectivity index (χ3n) is 4.26. The minimum Gasteiger partial charge on any atom is -0.481 e. The Morgan fingerprint density at radius 1 is 1.43 bits per heavy atom. The SMILES string of the molecule is CC1(C(=O)O)CCCN(CC(=O)NC2CCS(=O)(=O)C2)C1. The van der Waals surface area contributed by atoms with E-state index in [-0.39, 0.29) is 30.0 Å². The van der Waals surface area contributed by atoms with E-state index in [9.17, 15) is 23.1 Å². The van der Waals surface area contributed by atoms with Gasteiger partial charge in [0.25, 0.3) is 0 Å². The lowest BCUT2D eigenvalue weighted by atomic mass is 9.82. The van der Waals surface area contributed by atoms with Crippen LogP contribution in [0.1, 0.15) is 26.2 Å². The molecule has 2 atom stereocenters. The molecule has 0 aromatic heterocycles. The molecule has 0 aliphatic carbocycles. The van der Waals surface area contributed by atoms with Crippen LogP contribution in [0.2, 0.25) is 0 Å². The van der Waals surface area contributed by atoms with E-state index in [0.717, 1.165) is 6.42 Å². The van der Waals surface area contributed by atoms with Crippen LogP contribution in [0, 0.1) is 5.41 Å². The normalized spacial score (nSPS) is 32.7. The molecule has 2 N–H and O–H groups in total. The number of likely N-dealkylation sites (tertiary alicyclic amines) is 1. The van der Waals surface area contributed by atoms with E-state index < -0.39 is 21.2 Å². The van der Waals surface area contributed by atoms with Crippen LogP contribution in [0.15, 0.2) is 0 Å². The molecule has 2 aliphatic rings. The largest absolute Gasteiger partial charge is 0.481 e. The molecule has 0 bridgehead atoms. The lowest BCUT2D eigenvalue weighted by molar-refractivity contribution is -0.151. The monoisotopic (exact) mass is 318 g/mol. The second-order valence-corrected chi connectivity index (χ2v) is 8.58. The summed E-state index contributed by atoms with van der Waals surface area (Å²) >= 11 is 0. The van der Waals surface area contributed by atoms with E-state index in [1.54, 1.807) is 6.92 Å². The first-order valence-corrected chi connectivity index (χ1v) is 8.98. The Balaban J connectivity index is 1.84. The summed E-state index contributed by atoms with van der Waals surface area (Å²) in [7, 11) is -3.01. The number of aliphatic carboxylic acids is 1. The van der Waals surface area contributed by atoms with Gasteiger partial charge in [0.15, 0.2) is 9.84 Å². The average molecular weight is 318 g/mol. The molecule has 2 fully saturated rings. The minimum atomic E-state index is -3.01. The van der Waals surface area contributed by atoms with Gasteiger partial charge >= 0.3 is 5.97 Å². The number of nitrogens with zero attached hydrogens (tertiary/aromatic N) is 1. The fraction of sp³-hybridized carbons (Fsp3) is 0.846. The molecule has 2 saturated heterocycles. The minimum absolute atomic E-state index is 0.00554. The van der Waals surface area contributed by atoms with Crippen LogP contribution >= 0.6 is 0 Å². The van der Waals surface area contributed by atoms with Crippen molar-refractivity contribution in [1.82, 2.24) is 10.2 Å². The first-order valence-electron chi connectivity index (χ1n) is 7.16. The predicted molar refractivity (Wildman–Crippen MR) is 76.6 cm³/mol. The Bertz CT molecular complexity index is 533. The number of nitrogens with one attached hydrogen (secondary N) is 1. The summed E-state index contributed by atoms with van der Waals surface area (Å²) in [4.78, 5) is 25.1. The van der Waals surface area contributed by atoms with Crippen LogP contribution in [-0.2, 0) is 19.4 Å². The molecule has 1 amide bonds. The van der Waals surface area contributed by atoms with Gasteiger partial charge in [-0.1, -0.05) is 0 Å². The van der Waals surface area contributed by atoms with Gasteiger partial charge in [-0.3, -0.25) is 14.5 Å². The van der Waals surface area contributed by atoms with Gasteiger partial charge in [0, 0.05) is 12.6 Å². The van der Waals surface area contributed by atoms with Crippen molar-refractivity contribution in [2.75, 3.05) is 31.1 Å². The topological polar surface area (TPSA) is 104 Å². The zero-order valence-electron chi connectivity index (χ0n) is 12.2. The summed E-state index contributed by atoms with van der Waals surface area (Å²) in [5, 5.41) is 12.0. The second-order valence-electron chi connectivity index (χ2n) is 6.35. The number of piperidine rings is 1. The molecular formula is C13H22N2O5S. The Morgan fingerprint density at radius 2 is 2.14 bits per heavy atom. The summed E-state index contributed by atoms with van der Waals surface area (Å²) in [5.41, 5.74) is -0.810. The molecule has 120 valence electrons. The van der Waals surface area contributed by atoms with Gasteiger partial charge in [0.05, 0.1) is 23.5 Å². The molecule has 0 aromatic rings. The second kappa shape index (κ2) is 5.92. The quantitative estimate of drug-likeness (QED) is 0.722. The highest BCUT2D eigenvalue weighted by atomic mass is 32.2. The van der Waals surface area contributed by atoms with Gasteiger partial charge < -0.3 is 10.4 Å². The highest BCUT2D eigenvalue weighted by molar-refractivity contribution is 7.91. The molecule has 0 saturated carbocycles. The number of carbonyl (C=O) groups excluding carboxylic acids is 1. The van der Waals surface area contributed by atoms with Crippen molar-refractivity contribution in [1.29, 1.82) is 0 Å². The van der Waals surface area contributed by atoms with E-state index in [4.69, 9.17) is 0 Å². The standard InChI is InChI=1S/C13H22N2O5S/c1-13(12(17)18)4-2-5-15(9-13)7-11(16)14-10-3-6-21(19,20)8-10/h10H,2-9H2,1H3,(H,14,16)(H,17,18). The number of carboxylic acid groups (broad SMARTS) is 1. The summed E-state index contributed by atoms with van der Waals surface area (Å²) in [6.45, 7) is 2.86. The molecule has 2 rings (SSSR count). The van der Waals surface area contributed by atoms with Crippen LogP contribution in [0.3, 0.4) is 0 Å². The van der Waals surface area contributed by atoms with E-state index in [1.807, 2.05) is 4.90 Å². The number of rotatable bonds is 4. The van der Waals surface area contributed by atoms with Crippen molar-refractivity contribution in [3.8, 4) is 0 Å². The summed E-state index contributed by atoms with van der Waals surface area (Å²) < 4.78 is 22.7. The molecular weight excluding hydrogens is 296 g/mol. The van der Waals surface area contributed by atoms with Crippen molar-refractivity contribution in [2.24, 2.45) is 5.41 Å². The van der Waals surface area contributed by atoms with E-state index in [2.05, 4.69) is 5.32 Å². The molecule has 2 heterocycles. The maximum Gasteiger partial charge on any atom is 0.310 e. The van der Waals surface area contributed by atoms with Crippen molar-refractivity contribution < 1.29 is 23.1 Å². The zero-order chi connectivity index (χ0) is 15.7. The van der Waals surface area contributed by atoms with E-state index in [1.165, 1.54) is 0 Å². The molecule has 21 heavy (non-hydrogen) atoms. The van der Waals surface area contributed by atoms with Crippen molar-refractivity contribution >= 4 is 21.7 Å². The molecule has 7 nitrogen and oxygen atoms in total. The third-order valence-corrected chi connectivity index (χ3v) is 6.02. The highest BCUT2D eigenvalue weighted by Gasteiger charge is 2.38. The Kier molecular flexibility index (Phi) is 4.57. The molecule has 0 radical (unpaired) electrons. The third kappa shape index (κ3) is 4.16. The van der Waals surface area contributed by atoms with Gasteiger partial charge in [-0.25, -0.2) is 8.42 Å². The van der Waals surface area contributed by atoms with E-state index >= 15 is 0 Å². The molecule has 2 aliphatic heterocycles. The van der Waals surface area contributed by atoms with Crippen LogP contribution in [0.4, 0.5) is 0 Å². The maximum atomic E-state index is 12.0. The molecule has 2 unspecified atom stereocenters. The zero-order valence-corrected chi connectivity index (χ0v) is 13.0. The predicted octanol–water partition coefficient (Wildman–Crippen LogP) is -0.524. The van der Waals surface area contributed by atoms with Gasteiger partial charge in [0.1, 0.15) is 0 Å². The fourth-order valence-corrected chi connectivity index (χ4v) is 4.71. The van der Waals surface area contributed by atoms with Gasteiger partial charge in [0.2, 0.25) is 5.91 Å². The number of carboxylic acids is 1. The lowest BCUT2D eigenvalue weighted by Gasteiger charge is -2.37. The summed E-state index contributed by atoms with van der Waals surface area (Å²) in [5.74, 6) is -0.939.